The molecule has 6 nitrogen and oxygen atoms in total. The second kappa shape index (κ2) is 8.19. The van der Waals surface area contributed by atoms with E-state index in [4.69, 9.17) is 0 Å². The normalized spacial score (nSPS) is 10.1. The third kappa shape index (κ3) is 5.00. The lowest BCUT2D eigenvalue weighted by molar-refractivity contribution is -0.122. The number of carbonyl (C=O) groups excluding carboxylic acids is 2. The number of thioether (sulfide) groups is 1. The first-order valence-corrected chi connectivity index (χ1v) is 8.32. The van der Waals surface area contributed by atoms with Gasteiger partial charge in [0.2, 0.25) is 0 Å². The molecule has 0 saturated carbocycles. The van der Waals surface area contributed by atoms with Gasteiger partial charge in [-0.1, -0.05) is 18.2 Å². The zero-order chi connectivity index (χ0) is 16.7. The molecule has 7 heteroatoms. The Morgan fingerprint density at radius 3 is 2.48 bits per heavy atom. The summed E-state index contributed by atoms with van der Waals surface area (Å²) >= 11 is 1.70. The fourth-order valence-corrected chi connectivity index (χ4v) is 2.43. The van der Waals surface area contributed by atoms with E-state index in [1.165, 1.54) is 16.8 Å². The molecule has 0 saturated heterocycles. The van der Waals surface area contributed by atoms with Gasteiger partial charge in [-0.15, -0.1) is 0 Å². The van der Waals surface area contributed by atoms with Gasteiger partial charge in [-0.25, -0.2) is 0 Å². The molecular formula is C16H17N3O3S. The largest absolute Gasteiger partial charge is 0.306 e. The van der Waals surface area contributed by atoms with E-state index in [2.05, 4.69) is 10.9 Å². The zero-order valence-electron chi connectivity index (χ0n) is 12.6. The number of hydrogen-bond donors (Lipinski definition) is 2. The fourth-order valence-electron chi connectivity index (χ4n) is 1.90. The van der Waals surface area contributed by atoms with Crippen molar-refractivity contribution >= 4 is 23.6 Å². The van der Waals surface area contributed by atoms with Crippen LogP contribution < -0.4 is 16.4 Å². The molecule has 0 radical (unpaired) electrons. The average Bonchev–Trinajstić information content (AvgIpc) is 2.56. The maximum absolute atomic E-state index is 11.9. The van der Waals surface area contributed by atoms with E-state index in [9.17, 15) is 14.4 Å². The lowest BCUT2D eigenvalue weighted by Crippen LogP contribution is -2.44. The number of pyridine rings is 1. The van der Waals surface area contributed by atoms with Crippen LogP contribution in [-0.2, 0) is 17.1 Å². The number of amides is 2. The number of nitrogens with one attached hydrogen (secondary N) is 2. The van der Waals surface area contributed by atoms with Gasteiger partial charge in [-0.3, -0.25) is 25.2 Å². The monoisotopic (exact) mass is 331 g/mol. The maximum Gasteiger partial charge on any atom is 0.269 e. The van der Waals surface area contributed by atoms with E-state index in [0.29, 0.717) is 5.56 Å². The molecule has 23 heavy (non-hydrogen) atoms. The summed E-state index contributed by atoms with van der Waals surface area (Å²) in [5.41, 5.74) is 5.92. The lowest BCUT2D eigenvalue weighted by Gasteiger charge is -2.09. The second-order valence-corrected chi connectivity index (χ2v) is 5.67. The second-order valence-electron chi connectivity index (χ2n) is 4.80. The van der Waals surface area contributed by atoms with Crippen LogP contribution in [0.15, 0.2) is 53.5 Å². The van der Waals surface area contributed by atoms with Crippen molar-refractivity contribution in [2.24, 2.45) is 0 Å². The number of hydrazine groups is 1. The van der Waals surface area contributed by atoms with Crippen LogP contribution in [0.1, 0.15) is 15.9 Å². The number of rotatable bonds is 5. The lowest BCUT2D eigenvalue weighted by atomic mass is 10.1. The third-order valence-corrected chi connectivity index (χ3v) is 3.68. The molecule has 0 atom stereocenters. The van der Waals surface area contributed by atoms with Crippen LogP contribution in [0.5, 0.6) is 0 Å². The number of nitrogens with zero attached hydrogens (tertiary/aromatic N) is 1. The van der Waals surface area contributed by atoms with E-state index in [-0.39, 0.29) is 12.1 Å². The Labute approximate surface area is 137 Å². The Morgan fingerprint density at radius 2 is 1.83 bits per heavy atom. The van der Waals surface area contributed by atoms with Crippen molar-refractivity contribution in [3.8, 4) is 0 Å². The predicted octanol–water partition coefficient (Wildman–Crippen LogP) is 1.17. The molecule has 1 aromatic heterocycles. The van der Waals surface area contributed by atoms with Crippen molar-refractivity contribution in [1.82, 2.24) is 15.4 Å². The number of carbonyl (C=O) groups is 2. The molecule has 2 amide bonds. The van der Waals surface area contributed by atoms with Gasteiger partial charge in [0.25, 0.3) is 17.4 Å². The van der Waals surface area contributed by atoms with E-state index in [1.807, 2.05) is 18.4 Å². The Balaban J connectivity index is 1.87. The summed E-state index contributed by atoms with van der Waals surface area (Å²) in [5.74, 6) is -0.00936. The highest BCUT2D eigenvalue weighted by molar-refractivity contribution is 7.97. The molecule has 0 spiro atoms. The third-order valence-electron chi connectivity index (χ3n) is 3.06. The van der Waals surface area contributed by atoms with Crippen LogP contribution in [0.25, 0.3) is 0 Å². The minimum absolute atomic E-state index is 0.160. The molecule has 2 rings (SSSR count). The summed E-state index contributed by atoms with van der Waals surface area (Å²) in [7, 11) is 0. The van der Waals surface area contributed by atoms with Crippen molar-refractivity contribution in [1.29, 1.82) is 0 Å². The summed E-state index contributed by atoms with van der Waals surface area (Å²) in [6.45, 7) is -0.160. The smallest absolute Gasteiger partial charge is 0.269 e. The van der Waals surface area contributed by atoms with Gasteiger partial charge < -0.3 is 4.57 Å². The highest BCUT2D eigenvalue weighted by atomic mass is 32.2. The standard InChI is InChI=1S/C16H17N3O3S/c1-23-11-12-5-7-13(8-6-12)16(22)18-17-14(20)10-19-9-3-2-4-15(19)21/h2-9H,10-11H2,1H3,(H,17,20)(H,18,22). The van der Waals surface area contributed by atoms with Gasteiger partial charge in [0, 0.05) is 23.6 Å². The van der Waals surface area contributed by atoms with Crippen molar-refractivity contribution in [2.45, 2.75) is 12.3 Å². The molecule has 0 aliphatic carbocycles. The summed E-state index contributed by atoms with van der Waals surface area (Å²) < 4.78 is 1.25. The molecular weight excluding hydrogens is 314 g/mol. The van der Waals surface area contributed by atoms with Gasteiger partial charge in [-0.05, 0) is 30.0 Å². The molecule has 0 fully saturated rings. The molecule has 0 aliphatic heterocycles. The van der Waals surface area contributed by atoms with Crippen molar-refractivity contribution < 1.29 is 9.59 Å². The average molecular weight is 331 g/mol. The SMILES string of the molecule is CSCc1ccc(C(=O)NNC(=O)Cn2ccccc2=O)cc1. The first-order chi connectivity index (χ1) is 11.1. The molecule has 0 aliphatic rings. The first-order valence-electron chi connectivity index (χ1n) is 6.92. The fraction of sp³-hybridized carbons (Fsp3) is 0.188. The Bertz CT molecular complexity index is 741. The van der Waals surface area contributed by atoms with Crippen LogP contribution in [0.4, 0.5) is 0 Å². The van der Waals surface area contributed by atoms with Crippen molar-refractivity contribution in [3.05, 3.63) is 70.1 Å². The molecule has 0 bridgehead atoms. The summed E-state index contributed by atoms with van der Waals surface area (Å²) in [4.78, 5) is 35.2. The van der Waals surface area contributed by atoms with Crippen LogP contribution in [0.2, 0.25) is 0 Å². The van der Waals surface area contributed by atoms with E-state index < -0.39 is 11.8 Å². The molecule has 1 heterocycles. The molecule has 1 aromatic carbocycles. The van der Waals surface area contributed by atoms with E-state index in [1.54, 1.807) is 36.0 Å². The molecule has 0 unspecified atom stereocenters. The minimum Gasteiger partial charge on any atom is -0.306 e. The highest BCUT2D eigenvalue weighted by Gasteiger charge is 2.08. The Hall–Kier alpha value is -2.54. The topological polar surface area (TPSA) is 80.2 Å². The van der Waals surface area contributed by atoms with Gasteiger partial charge in [0.1, 0.15) is 6.54 Å². The van der Waals surface area contributed by atoms with Gasteiger partial charge in [-0.2, -0.15) is 11.8 Å². The van der Waals surface area contributed by atoms with Crippen LogP contribution in [-0.4, -0.2) is 22.6 Å². The summed E-state index contributed by atoms with van der Waals surface area (Å²) in [6, 6.07) is 11.8. The van der Waals surface area contributed by atoms with E-state index in [0.717, 1.165) is 11.3 Å². The van der Waals surface area contributed by atoms with Gasteiger partial charge in [0.15, 0.2) is 0 Å². The van der Waals surface area contributed by atoms with Gasteiger partial charge in [0.05, 0.1) is 0 Å². The molecule has 2 aromatic rings. The van der Waals surface area contributed by atoms with Crippen molar-refractivity contribution in [2.75, 3.05) is 6.26 Å². The zero-order valence-corrected chi connectivity index (χ0v) is 13.4. The number of benzene rings is 1. The summed E-state index contributed by atoms with van der Waals surface area (Å²) in [5, 5.41) is 0. The van der Waals surface area contributed by atoms with E-state index >= 15 is 0 Å². The van der Waals surface area contributed by atoms with Crippen molar-refractivity contribution in [3.63, 3.8) is 0 Å². The number of aromatic nitrogens is 1. The predicted molar refractivity (Wildman–Crippen MR) is 90.0 cm³/mol. The Morgan fingerprint density at radius 1 is 1.09 bits per heavy atom. The maximum atomic E-state index is 11.9. The molecule has 2 N–H and O–H groups in total. The van der Waals surface area contributed by atoms with Crippen LogP contribution in [0.3, 0.4) is 0 Å². The minimum atomic E-state index is -0.481. The van der Waals surface area contributed by atoms with Gasteiger partial charge >= 0.3 is 0 Å². The number of hydrogen-bond acceptors (Lipinski definition) is 4. The first kappa shape index (κ1) is 16.8. The van der Waals surface area contributed by atoms with Crippen LogP contribution in [0, 0.1) is 0 Å². The Kier molecular flexibility index (Phi) is 5.99. The van der Waals surface area contributed by atoms with Crippen LogP contribution >= 0.6 is 11.8 Å². The highest BCUT2D eigenvalue weighted by Crippen LogP contribution is 2.10. The molecule has 120 valence electrons. The quantitative estimate of drug-likeness (QED) is 0.806. The summed E-state index contributed by atoms with van der Waals surface area (Å²) in [6.07, 6.45) is 3.52.